The molecule has 0 amide bonds. The fourth-order valence-electron chi connectivity index (χ4n) is 0.945. The van der Waals surface area contributed by atoms with Crippen LogP contribution in [0.15, 0.2) is 0 Å². The Labute approximate surface area is 68.7 Å². The fraction of sp³-hybridized carbons (Fsp3) is 1.00. The monoisotopic (exact) mass is 159 g/mol. The highest BCUT2D eigenvalue weighted by molar-refractivity contribution is 6.17. The second-order valence-corrected chi connectivity index (χ2v) is 3.64. The largest absolute Gasteiger partial charge is 0.649 e. The molecule has 0 bridgehead atoms. The Morgan fingerprint density at radius 2 is 2.00 bits per heavy atom. The molecule has 0 saturated carbocycles. The molecule has 0 unspecified atom stereocenters. The van der Waals surface area contributed by atoms with Crippen molar-refractivity contribution in [2.45, 2.75) is 6.42 Å². The van der Waals surface area contributed by atoms with Crippen molar-refractivity contribution in [3.05, 3.63) is 0 Å². The Morgan fingerprint density at radius 3 is 2.90 bits per heavy atom. The summed E-state index contributed by atoms with van der Waals surface area (Å²) in [6.07, 6.45) is 1.15. The normalized spacial score (nSPS) is 24.1. The van der Waals surface area contributed by atoms with Gasteiger partial charge in [-0.05, 0) is 20.0 Å². The van der Waals surface area contributed by atoms with Gasteiger partial charge in [0, 0.05) is 19.8 Å². The van der Waals surface area contributed by atoms with Gasteiger partial charge in [0.15, 0.2) is 0 Å². The number of rotatable bonds is 0. The van der Waals surface area contributed by atoms with Crippen LogP contribution in [0.3, 0.4) is 0 Å². The first-order valence-electron chi connectivity index (χ1n) is 3.73. The molecule has 10 heavy (non-hydrogen) atoms. The van der Waals surface area contributed by atoms with Gasteiger partial charge >= 0.3 is 15.9 Å². The minimum Gasteiger partial charge on any atom is -0.481 e. The lowest BCUT2D eigenvalue weighted by Gasteiger charge is -2.13. The van der Waals surface area contributed by atoms with Gasteiger partial charge in [-0.2, -0.15) is 0 Å². The van der Waals surface area contributed by atoms with Gasteiger partial charge in [-0.3, -0.25) is 0 Å². The second-order valence-electron chi connectivity index (χ2n) is 2.59. The maximum atomic E-state index is 5.30. The van der Waals surface area contributed by atoms with E-state index in [1.807, 2.05) is 0 Å². The highest BCUT2D eigenvalue weighted by atomic mass is 27.2. The topological polar surface area (TPSA) is 21.7 Å². The SMILES string of the molecule is CN1CCC[O][AlH][O]CC1. The molecule has 1 fully saturated rings. The Morgan fingerprint density at radius 1 is 1.20 bits per heavy atom. The molecule has 1 aliphatic heterocycles. The zero-order valence-corrected chi connectivity index (χ0v) is 7.92. The molecule has 4 heteroatoms. The molecule has 0 radical (unpaired) electrons. The Balaban J connectivity index is 2.15. The summed E-state index contributed by atoms with van der Waals surface area (Å²) in [5.74, 6) is 0. The van der Waals surface area contributed by atoms with Crippen LogP contribution < -0.4 is 0 Å². The third kappa shape index (κ3) is 3.55. The van der Waals surface area contributed by atoms with Gasteiger partial charge in [0.1, 0.15) is 0 Å². The van der Waals surface area contributed by atoms with Gasteiger partial charge in [0.05, 0.1) is 0 Å². The van der Waals surface area contributed by atoms with Crippen molar-refractivity contribution in [3.63, 3.8) is 0 Å². The van der Waals surface area contributed by atoms with Gasteiger partial charge in [0.2, 0.25) is 0 Å². The Kier molecular flexibility index (Phi) is 4.35. The standard InChI is InChI=1S/C6H13NO2.Al.H/c1-7(4-6-9)3-2-5-8;;/h2-6H2,1H3;;/q-2;+2;. The predicted octanol–water partition coefficient (Wildman–Crippen LogP) is -0.378. The molecule has 0 aromatic carbocycles. The molecule has 0 aromatic heterocycles. The average Bonchev–Trinajstić information content (AvgIpc) is 2.02. The van der Waals surface area contributed by atoms with Crippen LogP contribution in [-0.4, -0.2) is 54.1 Å². The van der Waals surface area contributed by atoms with Crippen LogP contribution in [0.25, 0.3) is 0 Å². The Bertz CT molecular complexity index is 81.8. The van der Waals surface area contributed by atoms with Crippen LogP contribution in [0.4, 0.5) is 0 Å². The summed E-state index contributed by atoms with van der Waals surface area (Å²) in [7, 11) is 2.12. The number of nitrogens with zero attached hydrogens (tertiary/aromatic N) is 1. The van der Waals surface area contributed by atoms with E-state index in [1.54, 1.807) is 0 Å². The lowest BCUT2D eigenvalue weighted by atomic mass is 10.4. The summed E-state index contributed by atoms with van der Waals surface area (Å²) < 4.78 is 10.6. The highest BCUT2D eigenvalue weighted by Gasteiger charge is 2.03. The summed E-state index contributed by atoms with van der Waals surface area (Å²) in [6.45, 7) is 3.92. The first kappa shape index (κ1) is 8.51. The molecule has 0 aliphatic carbocycles. The number of hydrogen-bond acceptors (Lipinski definition) is 3. The van der Waals surface area contributed by atoms with Crippen molar-refractivity contribution in [3.8, 4) is 0 Å². The number of hydrogen-bond donors (Lipinski definition) is 0. The molecular formula is C6H14AlNO2. The highest BCUT2D eigenvalue weighted by Crippen LogP contribution is 1.91. The molecule has 1 heterocycles. The molecule has 1 rings (SSSR count). The van der Waals surface area contributed by atoms with Crippen LogP contribution in [0.5, 0.6) is 0 Å². The van der Waals surface area contributed by atoms with Crippen molar-refractivity contribution >= 4 is 15.9 Å². The van der Waals surface area contributed by atoms with E-state index in [-0.39, 0.29) is 0 Å². The molecule has 0 N–H and O–H groups in total. The van der Waals surface area contributed by atoms with E-state index >= 15 is 0 Å². The first-order valence-corrected chi connectivity index (χ1v) is 4.89. The van der Waals surface area contributed by atoms with Crippen molar-refractivity contribution < 1.29 is 7.58 Å². The van der Waals surface area contributed by atoms with Crippen molar-refractivity contribution in [1.29, 1.82) is 0 Å². The molecule has 1 saturated heterocycles. The van der Waals surface area contributed by atoms with E-state index in [9.17, 15) is 0 Å². The van der Waals surface area contributed by atoms with E-state index < -0.39 is 15.9 Å². The van der Waals surface area contributed by atoms with Gasteiger partial charge in [0.25, 0.3) is 0 Å². The smallest absolute Gasteiger partial charge is 0.481 e. The molecule has 0 aromatic rings. The molecule has 1 aliphatic rings. The summed E-state index contributed by atoms with van der Waals surface area (Å²) in [5.41, 5.74) is 0. The van der Waals surface area contributed by atoms with Crippen molar-refractivity contribution in [1.82, 2.24) is 4.90 Å². The Hall–Kier alpha value is 0.412. The molecule has 0 spiro atoms. The van der Waals surface area contributed by atoms with Gasteiger partial charge in [-0.25, -0.2) is 0 Å². The van der Waals surface area contributed by atoms with Crippen LogP contribution in [0.2, 0.25) is 0 Å². The predicted molar refractivity (Wildman–Crippen MR) is 41.2 cm³/mol. The number of likely N-dealkylation sites (N-methyl/N-ethyl adjacent to an activating group) is 1. The van der Waals surface area contributed by atoms with Crippen LogP contribution in [-0.2, 0) is 7.58 Å². The van der Waals surface area contributed by atoms with E-state index in [0.29, 0.717) is 0 Å². The maximum absolute atomic E-state index is 5.30. The molecular weight excluding hydrogens is 145 g/mol. The second kappa shape index (κ2) is 5.11. The molecule has 58 valence electrons. The summed E-state index contributed by atoms with van der Waals surface area (Å²) in [6, 6.07) is 0. The average molecular weight is 159 g/mol. The van der Waals surface area contributed by atoms with Crippen molar-refractivity contribution in [2.24, 2.45) is 0 Å². The van der Waals surface area contributed by atoms with E-state index in [1.165, 1.54) is 0 Å². The zero-order valence-electron chi connectivity index (χ0n) is 6.51. The fourth-order valence-corrected chi connectivity index (χ4v) is 1.63. The molecule has 0 atom stereocenters. The minimum atomic E-state index is -0.620. The van der Waals surface area contributed by atoms with E-state index in [4.69, 9.17) is 7.58 Å². The van der Waals surface area contributed by atoms with Gasteiger partial charge in [-0.1, -0.05) is 0 Å². The zero-order chi connectivity index (χ0) is 7.23. The maximum Gasteiger partial charge on any atom is 0.649 e. The first-order chi connectivity index (χ1) is 4.89. The van der Waals surface area contributed by atoms with Gasteiger partial charge < -0.3 is 12.5 Å². The minimum absolute atomic E-state index is 0.620. The third-order valence-electron chi connectivity index (χ3n) is 1.61. The van der Waals surface area contributed by atoms with Gasteiger partial charge in [-0.15, -0.1) is 0 Å². The van der Waals surface area contributed by atoms with Crippen LogP contribution in [0, 0.1) is 0 Å². The lowest BCUT2D eigenvalue weighted by Crippen LogP contribution is -2.23. The third-order valence-corrected chi connectivity index (χ3v) is 2.52. The quantitative estimate of drug-likeness (QED) is 0.450. The lowest BCUT2D eigenvalue weighted by molar-refractivity contribution is 0.223. The van der Waals surface area contributed by atoms with Crippen molar-refractivity contribution in [2.75, 3.05) is 33.4 Å². The van der Waals surface area contributed by atoms with Crippen LogP contribution >= 0.6 is 0 Å². The summed E-state index contributed by atoms with van der Waals surface area (Å²) in [4.78, 5) is 2.28. The molecule has 3 nitrogen and oxygen atoms in total. The van der Waals surface area contributed by atoms with E-state index in [0.717, 1.165) is 32.7 Å². The van der Waals surface area contributed by atoms with E-state index in [2.05, 4.69) is 11.9 Å². The summed E-state index contributed by atoms with van der Waals surface area (Å²) >= 11 is -0.620. The van der Waals surface area contributed by atoms with Crippen LogP contribution in [0.1, 0.15) is 6.42 Å². The summed E-state index contributed by atoms with van der Waals surface area (Å²) in [5, 5.41) is 0.